The monoisotopic (exact) mass is 347 g/mol. The molecule has 8 nitrogen and oxygen atoms in total. The summed E-state index contributed by atoms with van der Waals surface area (Å²) in [4.78, 5) is 15.7. The van der Waals surface area contributed by atoms with Gasteiger partial charge >= 0.3 is 0 Å². The lowest BCUT2D eigenvalue weighted by molar-refractivity contribution is 0.236. The number of nitrogen functional groups attached to an aromatic ring is 1. The zero-order chi connectivity index (χ0) is 17.7. The third kappa shape index (κ3) is 2.34. The number of benzene rings is 1. The maximum atomic E-state index is 10.0. The van der Waals surface area contributed by atoms with Crippen LogP contribution in [-0.2, 0) is 19.5 Å². The van der Waals surface area contributed by atoms with Gasteiger partial charge in [-0.1, -0.05) is 12.1 Å². The molecule has 4 aromatic rings. The Bertz CT molecular complexity index is 1140. The fourth-order valence-corrected chi connectivity index (χ4v) is 3.49. The molecule has 3 N–H and O–H groups in total. The molecule has 0 radical (unpaired) electrons. The van der Waals surface area contributed by atoms with Gasteiger partial charge in [-0.3, -0.25) is 9.88 Å². The lowest BCUT2D eigenvalue weighted by Crippen LogP contribution is -2.31. The van der Waals surface area contributed by atoms with Gasteiger partial charge in [-0.2, -0.15) is 4.52 Å². The van der Waals surface area contributed by atoms with Crippen LogP contribution >= 0.6 is 0 Å². The highest BCUT2D eigenvalue weighted by molar-refractivity contribution is 5.95. The smallest absolute Gasteiger partial charge is 0.223 e. The van der Waals surface area contributed by atoms with Crippen molar-refractivity contribution < 1.29 is 5.11 Å². The van der Waals surface area contributed by atoms with Gasteiger partial charge in [0.1, 0.15) is 11.3 Å². The van der Waals surface area contributed by atoms with Gasteiger partial charge in [0.25, 0.3) is 0 Å². The zero-order valence-electron chi connectivity index (χ0n) is 14.0. The Morgan fingerprint density at radius 3 is 3.00 bits per heavy atom. The highest BCUT2D eigenvalue weighted by Crippen LogP contribution is 2.27. The standard InChI is InChI=1S/C18H17N7O/c19-18-22-16-12(4-1-5-14(16)26)17-21-15(23-25(17)18)10-24-8-6-11-3-2-7-20-13(11)9-24/h1-5,7,26H,6,8-10H2,(H2,19,22). The number of nitrogens with zero attached hydrogens (tertiary/aromatic N) is 6. The van der Waals surface area contributed by atoms with Crippen molar-refractivity contribution in [3.63, 3.8) is 0 Å². The van der Waals surface area contributed by atoms with E-state index < -0.39 is 0 Å². The minimum atomic E-state index is 0.0833. The van der Waals surface area contributed by atoms with Gasteiger partial charge in [0.05, 0.1) is 12.2 Å². The fourth-order valence-electron chi connectivity index (χ4n) is 3.49. The minimum Gasteiger partial charge on any atom is -0.506 e. The second-order valence-electron chi connectivity index (χ2n) is 6.48. The van der Waals surface area contributed by atoms with Crippen molar-refractivity contribution in [2.24, 2.45) is 0 Å². The van der Waals surface area contributed by atoms with Gasteiger partial charge < -0.3 is 10.8 Å². The SMILES string of the molecule is Nc1nc2c(O)cccc2c2nc(CN3CCc4cccnc4C3)nn12. The Morgan fingerprint density at radius 2 is 2.08 bits per heavy atom. The maximum absolute atomic E-state index is 10.0. The molecule has 0 spiro atoms. The Labute approximate surface area is 148 Å². The molecule has 26 heavy (non-hydrogen) atoms. The van der Waals surface area contributed by atoms with Crippen LogP contribution in [0.2, 0.25) is 0 Å². The number of phenolic OH excluding ortho intramolecular Hbond substituents is 1. The number of rotatable bonds is 2. The third-order valence-electron chi connectivity index (χ3n) is 4.77. The van der Waals surface area contributed by atoms with Crippen LogP contribution in [0.3, 0.4) is 0 Å². The highest BCUT2D eigenvalue weighted by atomic mass is 16.3. The molecule has 0 bridgehead atoms. The predicted octanol–water partition coefficient (Wildman–Crippen LogP) is 1.52. The third-order valence-corrected chi connectivity index (χ3v) is 4.77. The number of anilines is 1. The van der Waals surface area contributed by atoms with Crippen LogP contribution in [0.1, 0.15) is 17.1 Å². The van der Waals surface area contributed by atoms with Crippen LogP contribution < -0.4 is 5.73 Å². The fraction of sp³-hybridized carbons (Fsp3) is 0.222. The summed E-state index contributed by atoms with van der Waals surface area (Å²) >= 11 is 0. The van der Waals surface area contributed by atoms with Crippen molar-refractivity contribution in [1.82, 2.24) is 29.5 Å². The largest absolute Gasteiger partial charge is 0.506 e. The molecule has 0 fully saturated rings. The van der Waals surface area contributed by atoms with E-state index >= 15 is 0 Å². The Kier molecular flexibility index (Phi) is 3.26. The molecule has 0 atom stereocenters. The topological polar surface area (TPSA) is 105 Å². The molecule has 1 aliphatic rings. The molecule has 0 saturated heterocycles. The van der Waals surface area contributed by atoms with Crippen LogP contribution in [-0.4, -0.2) is 41.1 Å². The normalized spacial score (nSPS) is 14.8. The molecule has 4 heterocycles. The van der Waals surface area contributed by atoms with E-state index in [4.69, 9.17) is 5.73 Å². The van der Waals surface area contributed by atoms with Gasteiger partial charge in [-0.25, -0.2) is 9.97 Å². The van der Waals surface area contributed by atoms with Crippen molar-refractivity contribution in [1.29, 1.82) is 0 Å². The molecular formula is C18H17N7O. The first-order chi connectivity index (χ1) is 12.7. The number of pyridine rings is 1. The molecule has 0 unspecified atom stereocenters. The van der Waals surface area contributed by atoms with E-state index in [-0.39, 0.29) is 11.7 Å². The molecule has 1 aliphatic heterocycles. The molecule has 5 rings (SSSR count). The number of fused-ring (bicyclic) bond motifs is 4. The number of para-hydroxylation sites is 1. The number of aromatic nitrogens is 5. The Hall–Kier alpha value is -3.26. The number of aromatic hydroxyl groups is 1. The van der Waals surface area contributed by atoms with Crippen molar-refractivity contribution in [2.75, 3.05) is 12.3 Å². The summed E-state index contributed by atoms with van der Waals surface area (Å²) in [5.74, 6) is 0.965. The molecule has 130 valence electrons. The molecule has 3 aromatic heterocycles. The van der Waals surface area contributed by atoms with E-state index in [0.29, 0.717) is 23.5 Å². The first-order valence-electron chi connectivity index (χ1n) is 8.47. The first kappa shape index (κ1) is 15.0. The number of hydrogen-bond acceptors (Lipinski definition) is 7. The minimum absolute atomic E-state index is 0.0833. The Balaban J connectivity index is 1.52. The van der Waals surface area contributed by atoms with Crippen LogP contribution in [0.25, 0.3) is 16.6 Å². The van der Waals surface area contributed by atoms with Crippen molar-refractivity contribution in [2.45, 2.75) is 19.5 Å². The van der Waals surface area contributed by atoms with E-state index in [2.05, 4.69) is 31.0 Å². The van der Waals surface area contributed by atoms with E-state index in [1.165, 1.54) is 10.1 Å². The quantitative estimate of drug-likeness (QED) is 0.566. The van der Waals surface area contributed by atoms with Crippen LogP contribution in [0, 0.1) is 0 Å². The second-order valence-corrected chi connectivity index (χ2v) is 6.48. The number of hydrogen-bond donors (Lipinski definition) is 2. The summed E-state index contributed by atoms with van der Waals surface area (Å²) in [6, 6.07) is 9.32. The van der Waals surface area contributed by atoms with E-state index in [0.717, 1.165) is 30.6 Å². The molecule has 0 aliphatic carbocycles. The van der Waals surface area contributed by atoms with Crippen molar-refractivity contribution in [3.8, 4) is 5.75 Å². The van der Waals surface area contributed by atoms with Crippen molar-refractivity contribution >= 4 is 22.5 Å². The summed E-state index contributed by atoms with van der Waals surface area (Å²) < 4.78 is 1.53. The van der Waals surface area contributed by atoms with Crippen molar-refractivity contribution in [3.05, 3.63) is 53.6 Å². The summed E-state index contributed by atoms with van der Waals surface area (Å²) in [5.41, 5.74) is 9.48. The number of nitrogens with two attached hydrogens (primary N) is 1. The van der Waals surface area contributed by atoms with Crippen LogP contribution in [0.15, 0.2) is 36.5 Å². The van der Waals surface area contributed by atoms with E-state index in [1.54, 1.807) is 12.1 Å². The lowest BCUT2D eigenvalue weighted by atomic mass is 10.1. The second kappa shape index (κ2) is 5.63. The molecule has 8 heteroatoms. The Morgan fingerprint density at radius 1 is 1.15 bits per heavy atom. The van der Waals surface area contributed by atoms with E-state index in [9.17, 15) is 5.11 Å². The summed E-state index contributed by atoms with van der Waals surface area (Å²) in [5, 5.41) is 15.3. The highest BCUT2D eigenvalue weighted by Gasteiger charge is 2.20. The summed E-state index contributed by atoms with van der Waals surface area (Å²) in [7, 11) is 0. The average Bonchev–Trinajstić information content (AvgIpc) is 3.07. The van der Waals surface area contributed by atoms with Crippen LogP contribution in [0.4, 0.5) is 5.95 Å². The summed E-state index contributed by atoms with van der Waals surface area (Å²) in [6.45, 7) is 2.32. The van der Waals surface area contributed by atoms with E-state index in [1.807, 2.05) is 18.3 Å². The van der Waals surface area contributed by atoms with Gasteiger partial charge in [-0.05, 0) is 30.2 Å². The van der Waals surface area contributed by atoms with Gasteiger partial charge in [0.2, 0.25) is 5.95 Å². The zero-order valence-corrected chi connectivity index (χ0v) is 14.0. The molecule has 0 saturated carbocycles. The number of phenols is 1. The molecular weight excluding hydrogens is 330 g/mol. The predicted molar refractivity (Wildman–Crippen MR) is 96.4 cm³/mol. The first-order valence-corrected chi connectivity index (χ1v) is 8.47. The average molecular weight is 347 g/mol. The van der Waals surface area contributed by atoms with Gasteiger partial charge in [-0.15, -0.1) is 5.10 Å². The van der Waals surface area contributed by atoms with Crippen LogP contribution in [0.5, 0.6) is 5.75 Å². The maximum Gasteiger partial charge on any atom is 0.223 e. The molecule has 1 aromatic carbocycles. The summed E-state index contributed by atoms with van der Waals surface area (Å²) in [6.07, 6.45) is 2.80. The molecule has 0 amide bonds. The lowest BCUT2D eigenvalue weighted by Gasteiger charge is -2.26. The van der Waals surface area contributed by atoms with Gasteiger partial charge in [0.15, 0.2) is 11.5 Å². The van der Waals surface area contributed by atoms with Gasteiger partial charge in [0, 0.05) is 24.7 Å².